The second kappa shape index (κ2) is 15.5. The van der Waals surface area contributed by atoms with Crippen LogP contribution in [0.2, 0.25) is 0 Å². The van der Waals surface area contributed by atoms with Crippen molar-refractivity contribution in [1.29, 1.82) is 0 Å². The number of benzene rings is 3. The second-order valence-corrected chi connectivity index (χ2v) is 9.66. The van der Waals surface area contributed by atoms with E-state index in [0.29, 0.717) is 25.8 Å². The molecule has 0 aromatic heterocycles. The minimum absolute atomic E-state index is 0.0477. The normalized spacial score (nSPS) is 12.6. The maximum absolute atomic E-state index is 13.3. The number of carbonyl (C=O) groups excluding carboxylic acids is 3. The molecule has 4 N–H and O–H groups in total. The Morgan fingerprint density at radius 2 is 1.63 bits per heavy atom. The highest BCUT2D eigenvalue weighted by atomic mass is 16.5. The number of nitrogens with one attached hydrogen (secondary N) is 2. The van der Waals surface area contributed by atoms with Crippen LogP contribution in [-0.2, 0) is 32.1 Å². The Labute approximate surface area is 225 Å². The van der Waals surface area contributed by atoms with Crippen molar-refractivity contribution in [2.75, 3.05) is 6.54 Å². The molecule has 38 heavy (non-hydrogen) atoms. The summed E-state index contributed by atoms with van der Waals surface area (Å²) in [7, 11) is 0. The Morgan fingerprint density at radius 1 is 0.895 bits per heavy atom. The number of nitrogens with two attached hydrogens (primary N) is 1. The van der Waals surface area contributed by atoms with E-state index >= 15 is 0 Å². The number of esters is 1. The van der Waals surface area contributed by atoms with Crippen LogP contribution >= 0.6 is 0 Å². The van der Waals surface area contributed by atoms with E-state index in [0.717, 1.165) is 34.7 Å². The minimum atomic E-state index is -0.476. The van der Waals surface area contributed by atoms with Crippen molar-refractivity contribution < 1.29 is 19.1 Å². The van der Waals surface area contributed by atoms with E-state index in [4.69, 9.17) is 10.5 Å². The molecule has 0 spiro atoms. The van der Waals surface area contributed by atoms with Crippen molar-refractivity contribution in [3.8, 4) is 0 Å². The molecule has 2 atom stereocenters. The van der Waals surface area contributed by atoms with Gasteiger partial charge in [-0.05, 0) is 54.1 Å². The maximum atomic E-state index is 13.3. The average Bonchev–Trinajstić information content (AvgIpc) is 2.91. The van der Waals surface area contributed by atoms with Gasteiger partial charge in [0.2, 0.25) is 11.8 Å². The van der Waals surface area contributed by atoms with Gasteiger partial charge in [0.05, 0.1) is 6.04 Å². The highest BCUT2D eigenvalue weighted by Crippen LogP contribution is 2.17. The van der Waals surface area contributed by atoms with Gasteiger partial charge in [-0.15, -0.1) is 0 Å². The van der Waals surface area contributed by atoms with Crippen molar-refractivity contribution in [1.82, 2.24) is 10.6 Å². The zero-order chi connectivity index (χ0) is 27.2. The number of amides is 2. The van der Waals surface area contributed by atoms with Gasteiger partial charge >= 0.3 is 5.97 Å². The van der Waals surface area contributed by atoms with Crippen molar-refractivity contribution in [3.63, 3.8) is 0 Å². The van der Waals surface area contributed by atoms with Gasteiger partial charge in [-0.3, -0.25) is 14.4 Å². The Bertz CT molecular complexity index is 1180. The highest BCUT2D eigenvalue weighted by molar-refractivity contribution is 5.84. The standard InChI is InChI=1S/C31H39N3O4/c1-2-3-18-33-28(14-9-15-30(36)38-22-23-10-5-4-6-11-23)31(37)34-27(21-29(32)35)20-24-16-17-25-12-7-8-13-26(25)19-24/h4-8,10-13,16-17,19,27-28,33H,2-3,9,14-15,18,20-22H2,1H3,(H2,32,35)(H,34,37)/t27-,28-/m0/s1. The molecule has 0 aliphatic heterocycles. The van der Waals surface area contributed by atoms with Gasteiger partial charge in [-0.2, -0.15) is 0 Å². The third-order valence-corrected chi connectivity index (χ3v) is 6.44. The van der Waals surface area contributed by atoms with Crippen LogP contribution in [0.15, 0.2) is 72.8 Å². The SMILES string of the molecule is CCCCN[C@@H](CCCC(=O)OCc1ccccc1)C(=O)N[C@H](CC(N)=O)Cc1ccc2ccccc2c1. The van der Waals surface area contributed by atoms with Gasteiger partial charge in [0.15, 0.2) is 0 Å². The zero-order valence-corrected chi connectivity index (χ0v) is 22.2. The molecule has 0 unspecified atom stereocenters. The molecule has 0 bridgehead atoms. The summed E-state index contributed by atoms with van der Waals surface area (Å²) >= 11 is 0. The molecule has 0 fully saturated rings. The fraction of sp³-hybridized carbons (Fsp3) is 0.387. The van der Waals surface area contributed by atoms with E-state index in [1.54, 1.807) is 0 Å². The molecule has 0 aliphatic rings. The fourth-order valence-corrected chi connectivity index (χ4v) is 4.41. The van der Waals surface area contributed by atoms with E-state index < -0.39 is 18.0 Å². The van der Waals surface area contributed by atoms with Gasteiger partial charge in [-0.1, -0.05) is 86.1 Å². The van der Waals surface area contributed by atoms with Crippen molar-refractivity contribution in [2.45, 2.75) is 70.6 Å². The summed E-state index contributed by atoms with van der Waals surface area (Å²) < 4.78 is 5.36. The van der Waals surface area contributed by atoms with E-state index in [1.165, 1.54) is 0 Å². The van der Waals surface area contributed by atoms with Crippen LogP contribution in [0, 0.1) is 0 Å². The second-order valence-electron chi connectivity index (χ2n) is 9.66. The first-order valence-corrected chi connectivity index (χ1v) is 13.4. The number of hydrogen-bond donors (Lipinski definition) is 3. The lowest BCUT2D eigenvalue weighted by atomic mass is 9.99. The third-order valence-electron chi connectivity index (χ3n) is 6.44. The molecule has 7 nitrogen and oxygen atoms in total. The summed E-state index contributed by atoms with van der Waals surface area (Å²) in [6.45, 7) is 3.02. The van der Waals surface area contributed by atoms with Crippen LogP contribution < -0.4 is 16.4 Å². The molecule has 0 saturated heterocycles. The number of hydrogen-bond acceptors (Lipinski definition) is 5. The molecular weight excluding hydrogens is 478 g/mol. The Morgan fingerprint density at radius 3 is 2.37 bits per heavy atom. The fourth-order valence-electron chi connectivity index (χ4n) is 4.41. The topological polar surface area (TPSA) is 111 Å². The first-order chi connectivity index (χ1) is 18.4. The lowest BCUT2D eigenvalue weighted by molar-refractivity contribution is -0.145. The van der Waals surface area contributed by atoms with Gasteiger partial charge in [-0.25, -0.2) is 0 Å². The van der Waals surface area contributed by atoms with E-state index in [9.17, 15) is 14.4 Å². The summed E-state index contributed by atoms with van der Waals surface area (Å²) in [4.78, 5) is 37.3. The molecule has 0 radical (unpaired) electrons. The van der Waals surface area contributed by atoms with Crippen LogP contribution in [0.5, 0.6) is 0 Å². The predicted octanol–water partition coefficient (Wildman–Crippen LogP) is 4.41. The summed E-state index contributed by atoms with van der Waals surface area (Å²) in [6, 6.07) is 22.8. The maximum Gasteiger partial charge on any atom is 0.306 e. The Balaban J connectivity index is 1.57. The largest absolute Gasteiger partial charge is 0.461 e. The molecule has 3 aromatic rings. The third kappa shape index (κ3) is 9.98. The smallest absolute Gasteiger partial charge is 0.306 e. The van der Waals surface area contributed by atoms with E-state index in [1.807, 2.05) is 66.7 Å². The van der Waals surface area contributed by atoms with Gasteiger partial charge in [0.25, 0.3) is 0 Å². The summed E-state index contributed by atoms with van der Waals surface area (Å²) in [6.07, 6.45) is 3.70. The van der Waals surface area contributed by atoms with E-state index in [2.05, 4.69) is 23.6 Å². The monoisotopic (exact) mass is 517 g/mol. The molecule has 202 valence electrons. The zero-order valence-electron chi connectivity index (χ0n) is 22.2. The molecule has 0 heterocycles. The van der Waals surface area contributed by atoms with Crippen LogP contribution in [0.3, 0.4) is 0 Å². The highest BCUT2D eigenvalue weighted by Gasteiger charge is 2.23. The molecular formula is C31H39N3O4. The number of primary amides is 1. The quantitative estimate of drug-likeness (QED) is 0.193. The van der Waals surface area contributed by atoms with Crippen LogP contribution in [0.1, 0.15) is 56.6 Å². The molecule has 2 amide bonds. The molecule has 3 aromatic carbocycles. The predicted molar refractivity (Wildman–Crippen MR) is 150 cm³/mol. The number of ether oxygens (including phenoxy) is 1. The summed E-state index contributed by atoms with van der Waals surface area (Å²) in [5.74, 6) is -0.942. The summed E-state index contributed by atoms with van der Waals surface area (Å²) in [5, 5.41) is 8.59. The minimum Gasteiger partial charge on any atom is -0.461 e. The molecule has 7 heteroatoms. The van der Waals surface area contributed by atoms with Crippen molar-refractivity contribution >= 4 is 28.6 Å². The number of unbranched alkanes of at least 4 members (excludes halogenated alkanes) is 1. The Kier molecular flexibility index (Phi) is 11.8. The van der Waals surface area contributed by atoms with Crippen molar-refractivity contribution in [3.05, 3.63) is 83.9 Å². The average molecular weight is 518 g/mol. The number of carbonyl (C=O) groups is 3. The van der Waals surface area contributed by atoms with Crippen molar-refractivity contribution in [2.24, 2.45) is 5.73 Å². The van der Waals surface area contributed by atoms with Gasteiger partial charge < -0.3 is 21.1 Å². The van der Waals surface area contributed by atoms with Crippen LogP contribution in [0.25, 0.3) is 10.8 Å². The van der Waals surface area contributed by atoms with E-state index in [-0.39, 0.29) is 31.3 Å². The molecule has 0 aliphatic carbocycles. The molecule has 3 rings (SSSR count). The first kappa shape index (κ1) is 28.9. The summed E-state index contributed by atoms with van der Waals surface area (Å²) in [5.41, 5.74) is 7.47. The molecule has 0 saturated carbocycles. The van der Waals surface area contributed by atoms with Gasteiger partial charge in [0.1, 0.15) is 6.61 Å². The van der Waals surface area contributed by atoms with Gasteiger partial charge in [0, 0.05) is 18.9 Å². The lowest BCUT2D eigenvalue weighted by Crippen LogP contribution is -2.49. The number of fused-ring (bicyclic) bond motifs is 1. The van der Waals surface area contributed by atoms with Crippen LogP contribution in [0.4, 0.5) is 0 Å². The van der Waals surface area contributed by atoms with Crippen LogP contribution in [-0.4, -0.2) is 36.4 Å². The lowest BCUT2D eigenvalue weighted by Gasteiger charge is -2.23. The number of rotatable bonds is 16. The first-order valence-electron chi connectivity index (χ1n) is 13.4. The Hall–Kier alpha value is -3.71.